The summed E-state index contributed by atoms with van der Waals surface area (Å²) in [6.45, 7) is 4.45. The molecule has 5 rings (SSSR count). The van der Waals surface area contributed by atoms with Gasteiger partial charge in [0.05, 0.1) is 0 Å². The lowest BCUT2D eigenvalue weighted by molar-refractivity contribution is 0.740. The highest BCUT2D eigenvalue weighted by molar-refractivity contribution is 5.80. The molecule has 3 aromatic rings. The largest absolute Gasteiger partial charge is 0.0979 e. The van der Waals surface area contributed by atoms with Crippen LogP contribution in [0.25, 0.3) is 17.2 Å². The Labute approximate surface area is 217 Å². The lowest BCUT2D eigenvalue weighted by Crippen LogP contribution is -2.02. The van der Waals surface area contributed by atoms with E-state index < -0.39 is 0 Å². The molecule has 0 heteroatoms. The first-order chi connectivity index (χ1) is 17.8. The van der Waals surface area contributed by atoms with E-state index in [4.69, 9.17) is 0 Å². The standard InChI is InChI=1S/C36H36/c1-3-5-7-9-13-27-17-22-34-31(25-27)26-36-33(29(21-24-35(34)36)14-10-8-6-4-2)23-20-30-19-18-28-15-11-12-16-32(28)30/h11-12,15-19,21-22,24-25,30H,3-8,20,23,26H2,1-2H3. The van der Waals surface area contributed by atoms with E-state index in [0.717, 1.165) is 37.7 Å². The molecule has 3 aromatic carbocycles. The molecule has 0 aromatic heterocycles. The molecule has 1 unspecified atom stereocenters. The molecule has 0 saturated carbocycles. The van der Waals surface area contributed by atoms with Gasteiger partial charge in [0.2, 0.25) is 0 Å². The van der Waals surface area contributed by atoms with Gasteiger partial charge < -0.3 is 0 Å². The highest BCUT2D eigenvalue weighted by Gasteiger charge is 2.24. The van der Waals surface area contributed by atoms with Crippen LogP contribution in [-0.4, -0.2) is 0 Å². The minimum Gasteiger partial charge on any atom is -0.0979 e. The second-order valence-electron chi connectivity index (χ2n) is 10.1. The van der Waals surface area contributed by atoms with Crippen molar-refractivity contribution in [3.63, 3.8) is 0 Å². The summed E-state index contributed by atoms with van der Waals surface area (Å²) in [6.07, 6.45) is 14.5. The van der Waals surface area contributed by atoms with Crippen LogP contribution < -0.4 is 0 Å². The first-order valence-electron chi connectivity index (χ1n) is 13.8. The molecule has 0 heterocycles. The predicted octanol–water partition coefficient (Wildman–Crippen LogP) is 9.08. The van der Waals surface area contributed by atoms with Gasteiger partial charge in [0, 0.05) is 29.9 Å². The van der Waals surface area contributed by atoms with Crippen molar-refractivity contribution in [2.45, 2.75) is 77.6 Å². The molecule has 0 N–H and O–H groups in total. The Kier molecular flexibility index (Phi) is 7.74. The van der Waals surface area contributed by atoms with E-state index in [0.29, 0.717) is 5.92 Å². The molecule has 0 amide bonds. The summed E-state index contributed by atoms with van der Waals surface area (Å²) in [7, 11) is 0. The molecular weight excluding hydrogens is 432 g/mol. The van der Waals surface area contributed by atoms with Crippen molar-refractivity contribution in [2.75, 3.05) is 0 Å². The zero-order valence-corrected chi connectivity index (χ0v) is 21.8. The van der Waals surface area contributed by atoms with Crippen molar-refractivity contribution >= 4 is 6.08 Å². The van der Waals surface area contributed by atoms with Crippen molar-refractivity contribution in [1.29, 1.82) is 0 Å². The summed E-state index contributed by atoms with van der Waals surface area (Å²) in [5.74, 6) is 14.3. The van der Waals surface area contributed by atoms with Crippen molar-refractivity contribution in [3.05, 3.63) is 99.6 Å². The van der Waals surface area contributed by atoms with E-state index in [-0.39, 0.29) is 0 Å². The van der Waals surface area contributed by atoms with E-state index in [9.17, 15) is 0 Å². The van der Waals surface area contributed by atoms with Gasteiger partial charge in [-0.3, -0.25) is 0 Å². The van der Waals surface area contributed by atoms with Gasteiger partial charge in [0.15, 0.2) is 0 Å². The number of rotatable bonds is 7. The third-order valence-electron chi connectivity index (χ3n) is 7.57. The van der Waals surface area contributed by atoms with Crippen molar-refractivity contribution in [2.24, 2.45) is 0 Å². The molecule has 36 heavy (non-hydrogen) atoms. The van der Waals surface area contributed by atoms with E-state index in [1.54, 1.807) is 0 Å². The Bertz CT molecular complexity index is 1390. The van der Waals surface area contributed by atoms with Gasteiger partial charge in [-0.05, 0) is 89.2 Å². The minimum absolute atomic E-state index is 0.492. The monoisotopic (exact) mass is 468 g/mol. The summed E-state index contributed by atoms with van der Waals surface area (Å²) in [5, 5.41) is 0. The van der Waals surface area contributed by atoms with Crippen LogP contribution in [0.3, 0.4) is 0 Å². The summed E-state index contributed by atoms with van der Waals surface area (Å²) in [4.78, 5) is 0. The molecular formula is C36H36. The Morgan fingerprint density at radius 3 is 2.44 bits per heavy atom. The Balaban J connectivity index is 1.44. The molecule has 0 spiro atoms. The predicted molar refractivity (Wildman–Crippen MR) is 154 cm³/mol. The van der Waals surface area contributed by atoms with Gasteiger partial charge in [-0.25, -0.2) is 0 Å². The third kappa shape index (κ3) is 5.20. The van der Waals surface area contributed by atoms with Gasteiger partial charge in [0.25, 0.3) is 0 Å². The summed E-state index contributed by atoms with van der Waals surface area (Å²) in [6, 6.07) is 20.2. The number of allylic oxidation sites excluding steroid dienone is 1. The average molecular weight is 469 g/mol. The van der Waals surface area contributed by atoms with Gasteiger partial charge in [-0.2, -0.15) is 0 Å². The normalized spacial score (nSPS) is 14.3. The smallest absolute Gasteiger partial charge is 0.0280 e. The van der Waals surface area contributed by atoms with E-state index in [1.165, 1.54) is 70.2 Å². The van der Waals surface area contributed by atoms with Crippen molar-refractivity contribution in [1.82, 2.24) is 0 Å². The maximum atomic E-state index is 3.56. The molecule has 1 atom stereocenters. The SMILES string of the molecule is CCCCC#Cc1ccc2c(c1)Cc1c-2ccc(C#CCCCC)c1CCC1C=Cc2ccccc21. The van der Waals surface area contributed by atoms with E-state index >= 15 is 0 Å². The molecule has 0 saturated heterocycles. The van der Waals surface area contributed by atoms with Gasteiger partial charge in [-0.15, -0.1) is 0 Å². The van der Waals surface area contributed by atoms with E-state index in [2.05, 4.69) is 104 Å². The van der Waals surface area contributed by atoms with Gasteiger partial charge >= 0.3 is 0 Å². The van der Waals surface area contributed by atoms with E-state index in [1.807, 2.05) is 0 Å². The number of unbranched alkanes of at least 4 members (excludes halogenated alkanes) is 4. The molecule has 0 fully saturated rings. The van der Waals surface area contributed by atoms with Gasteiger partial charge in [-0.1, -0.05) is 98.9 Å². The second kappa shape index (κ2) is 11.5. The lowest BCUT2D eigenvalue weighted by atomic mass is 9.88. The second-order valence-corrected chi connectivity index (χ2v) is 10.1. The van der Waals surface area contributed by atoms with Crippen LogP contribution in [0.5, 0.6) is 0 Å². The molecule has 0 aliphatic heterocycles. The van der Waals surface area contributed by atoms with Crippen LogP contribution in [0.1, 0.15) is 104 Å². The molecule has 2 aliphatic carbocycles. The number of fused-ring (bicyclic) bond motifs is 4. The van der Waals surface area contributed by atoms with Crippen LogP contribution >= 0.6 is 0 Å². The zero-order chi connectivity index (χ0) is 24.7. The van der Waals surface area contributed by atoms with Crippen LogP contribution in [0, 0.1) is 23.7 Å². The van der Waals surface area contributed by atoms with Crippen LogP contribution in [0.2, 0.25) is 0 Å². The maximum absolute atomic E-state index is 3.56. The minimum atomic E-state index is 0.492. The van der Waals surface area contributed by atoms with Crippen LogP contribution in [-0.2, 0) is 12.8 Å². The fourth-order valence-corrected chi connectivity index (χ4v) is 5.55. The molecule has 0 radical (unpaired) electrons. The van der Waals surface area contributed by atoms with Crippen molar-refractivity contribution < 1.29 is 0 Å². The van der Waals surface area contributed by atoms with Crippen LogP contribution in [0.15, 0.2) is 60.7 Å². The van der Waals surface area contributed by atoms with Crippen LogP contribution in [0.4, 0.5) is 0 Å². The third-order valence-corrected chi connectivity index (χ3v) is 7.57. The first-order valence-corrected chi connectivity index (χ1v) is 13.8. The Morgan fingerprint density at radius 1 is 0.833 bits per heavy atom. The first kappa shape index (κ1) is 24.2. The highest BCUT2D eigenvalue weighted by atomic mass is 14.3. The molecule has 0 nitrogen and oxygen atoms in total. The molecule has 0 bridgehead atoms. The summed E-state index contributed by atoms with van der Waals surface area (Å²) >= 11 is 0. The lowest BCUT2D eigenvalue weighted by Gasteiger charge is -2.15. The Hall–Kier alpha value is -3.48. The fourth-order valence-electron chi connectivity index (χ4n) is 5.55. The maximum Gasteiger partial charge on any atom is 0.0280 e. The topological polar surface area (TPSA) is 0 Å². The summed E-state index contributed by atoms with van der Waals surface area (Å²) in [5.41, 5.74) is 12.3. The molecule has 180 valence electrons. The number of hydrogen-bond donors (Lipinski definition) is 0. The van der Waals surface area contributed by atoms with Gasteiger partial charge in [0.1, 0.15) is 0 Å². The fraction of sp³-hybridized carbons (Fsp3) is 0.333. The number of benzene rings is 3. The number of hydrogen-bond acceptors (Lipinski definition) is 0. The highest BCUT2D eigenvalue weighted by Crippen LogP contribution is 2.41. The zero-order valence-electron chi connectivity index (χ0n) is 21.8. The quantitative estimate of drug-likeness (QED) is 0.187. The average Bonchev–Trinajstić information content (AvgIpc) is 3.49. The van der Waals surface area contributed by atoms with Crippen molar-refractivity contribution in [3.8, 4) is 34.8 Å². The molecule has 2 aliphatic rings. The Morgan fingerprint density at radius 2 is 1.61 bits per heavy atom. The summed E-state index contributed by atoms with van der Waals surface area (Å²) < 4.78 is 0.